The van der Waals surface area contributed by atoms with E-state index < -0.39 is 5.97 Å². The fraction of sp³-hybridized carbons (Fsp3) is 0. The zero-order chi connectivity index (χ0) is 10.8. The first-order valence-corrected chi connectivity index (χ1v) is 4.33. The van der Waals surface area contributed by atoms with Gasteiger partial charge in [-0.3, -0.25) is 0 Å². The van der Waals surface area contributed by atoms with E-state index in [9.17, 15) is 4.79 Å². The van der Waals surface area contributed by atoms with Crippen molar-refractivity contribution in [1.82, 2.24) is 20.6 Å². The summed E-state index contributed by atoms with van der Waals surface area (Å²) in [5, 5.41) is 22.0. The quantitative estimate of drug-likeness (QED) is 0.800. The number of halogens is 1. The lowest BCUT2D eigenvalue weighted by Gasteiger charge is -2.00. The van der Waals surface area contributed by atoms with Crippen LogP contribution in [0.2, 0.25) is 5.02 Å². The number of rotatable bonds is 2. The fourth-order valence-electron chi connectivity index (χ4n) is 1.12. The SMILES string of the molecule is O=C(O)c1cc(-c2nnn[nH]2)ccc1Cl. The number of nitrogens with zero attached hydrogens (tertiary/aromatic N) is 3. The molecule has 0 radical (unpaired) electrons. The van der Waals surface area contributed by atoms with E-state index in [0.29, 0.717) is 11.4 Å². The van der Waals surface area contributed by atoms with Crippen molar-refractivity contribution < 1.29 is 9.90 Å². The molecule has 15 heavy (non-hydrogen) atoms. The summed E-state index contributed by atoms with van der Waals surface area (Å²) in [4.78, 5) is 10.8. The van der Waals surface area contributed by atoms with Crippen molar-refractivity contribution in [2.75, 3.05) is 0 Å². The highest BCUT2D eigenvalue weighted by atomic mass is 35.5. The molecule has 0 saturated heterocycles. The summed E-state index contributed by atoms with van der Waals surface area (Å²) in [6.07, 6.45) is 0. The molecule has 2 aromatic rings. The molecule has 0 aliphatic carbocycles. The van der Waals surface area contributed by atoms with E-state index in [4.69, 9.17) is 16.7 Å². The minimum atomic E-state index is -1.09. The molecule has 0 amide bonds. The van der Waals surface area contributed by atoms with Gasteiger partial charge in [0.15, 0.2) is 5.82 Å². The first-order chi connectivity index (χ1) is 7.18. The first kappa shape index (κ1) is 9.60. The molecule has 0 aliphatic rings. The van der Waals surface area contributed by atoms with E-state index in [2.05, 4.69) is 20.6 Å². The Hall–Kier alpha value is -1.95. The molecule has 1 heterocycles. The summed E-state index contributed by atoms with van der Waals surface area (Å²) in [7, 11) is 0. The fourth-order valence-corrected chi connectivity index (χ4v) is 1.32. The normalized spacial score (nSPS) is 10.2. The number of hydrogen-bond donors (Lipinski definition) is 2. The van der Waals surface area contributed by atoms with E-state index >= 15 is 0 Å². The summed E-state index contributed by atoms with van der Waals surface area (Å²) in [5.74, 6) is -0.691. The summed E-state index contributed by atoms with van der Waals surface area (Å²) in [6.45, 7) is 0. The van der Waals surface area contributed by atoms with E-state index in [1.54, 1.807) is 6.07 Å². The van der Waals surface area contributed by atoms with Crippen LogP contribution in [0.25, 0.3) is 11.4 Å². The molecule has 0 unspecified atom stereocenters. The molecule has 1 aromatic heterocycles. The Morgan fingerprint density at radius 3 is 2.87 bits per heavy atom. The Morgan fingerprint density at radius 2 is 2.27 bits per heavy atom. The van der Waals surface area contributed by atoms with Crippen LogP contribution in [0.3, 0.4) is 0 Å². The van der Waals surface area contributed by atoms with Crippen LogP contribution in [-0.4, -0.2) is 31.7 Å². The molecular weight excluding hydrogens is 220 g/mol. The molecule has 6 nitrogen and oxygen atoms in total. The van der Waals surface area contributed by atoms with Crippen LogP contribution in [0.15, 0.2) is 18.2 Å². The Morgan fingerprint density at radius 1 is 1.47 bits per heavy atom. The maximum Gasteiger partial charge on any atom is 0.337 e. The van der Waals surface area contributed by atoms with Gasteiger partial charge in [0.1, 0.15) is 0 Å². The number of aromatic nitrogens is 4. The molecular formula is C8H5ClN4O2. The van der Waals surface area contributed by atoms with Crippen LogP contribution in [-0.2, 0) is 0 Å². The third-order valence-corrected chi connectivity index (χ3v) is 2.15. The average Bonchev–Trinajstić information content (AvgIpc) is 2.71. The largest absolute Gasteiger partial charge is 0.478 e. The lowest BCUT2D eigenvalue weighted by Crippen LogP contribution is -1.98. The smallest absolute Gasteiger partial charge is 0.337 e. The summed E-state index contributed by atoms with van der Waals surface area (Å²) >= 11 is 5.71. The van der Waals surface area contributed by atoms with Crippen molar-refractivity contribution in [1.29, 1.82) is 0 Å². The zero-order valence-corrected chi connectivity index (χ0v) is 8.06. The number of aromatic amines is 1. The van der Waals surface area contributed by atoms with E-state index in [1.165, 1.54) is 12.1 Å². The lowest BCUT2D eigenvalue weighted by molar-refractivity contribution is 0.0697. The number of carbonyl (C=O) groups is 1. The Labute approximate surface area is 88.9 Å². The van der Waals surface area contributed by atoms with Gasteiger partial charge in [0, 0.05) is 5.56 Å². The summed E-state index contributed by atoms with van der Waals surface area (Å²) < 4.78 is 0. The number of tetrazole rings is 1. The Balaban J connectivity index is 2.52. The van der Waals surface area contributed by atoms with Crippen molar-refractivity contribution in [3.63, 3.8) is 0 Å². The number of H-pyrrole nitrogens is 1. The van der Waals surface area contributed by atoms with Crippen LogP contribution >= 0.6 is 11.6 Å². The van der Waals surface area contributed by atoms with Gasteiger partial charge < -0.3 is 5.11 Å². The lowest BCUT2D eigenvalue weighted by atomic mass is 10.1. The highest BCUT2D eigenvalue weighted by Gasteiger charge is 2.11. The molecule has 0 aliphatic heterocycles. The molecule has 76 valence electrons. The van der Waals surface area contributed by atoms with Crippen LogP contribution in [0.1, 0.15) is 10.4 Å². The molecule has 0 saturated carbocycles. The molecule has 7 heteroatoms. The van der Waals surface area contributed by atoms with Crippen molar-refractivity contribution in [2.45, 2.75) is 0 Å². The topological polar surface area (TPSA) is 91.8 Å². The number of carboxylic acid groups (broad SMARTS) is 1. The van der Waals surface area contributed by atoms with E-state index in [0.717, 1.165) is 0 Å². The molecule has 1 aromatic carbocycles. The van der Waals surface area contributed by atoms with Gasteiger partial charge >= 0.3 is 5.97 Å². The van der Waals surface area contributed by atoms with Gasteiger partial charge in [-0.05, 0) is 28.6 Å². The number of hydrogen-bond acceptors (Lipinski definition) is 4. The second kappa shape index (κ2) is 3.66. The average molecular weight is 225 g/mol. The third-order valence-electron chi connectivity index (χ3n) is 1.82. The second-order valence-corrected chi connectivity index (χ2v) is 3.16. The number of carboxylic acids is 1. The van der Waals surface area contributed by atoms with Crippen LogP contribution in [0.5, 0.6) is 0 Å². The van der Waals surface area contributed by atoms with E-state index in [-0.39, 0.29) is 10.6 Å². The zero-order valence-electron chi connectivity index (χ0n) is 7.31. The van der Waals surface area contributed by atoms with Crippen LogP contribution < -0.4 is 0 Å². The number of aromatic carboxylic acids is 1. The van der Waals surface area contributed by atoms with E-state index in [1.807, 2.05) is 0 Å². The monoisotopic (exact) mass is 224 g/mol. The van der Waals surface area contributed by atoms with Crippen LogP contribution in [0, 0.1) is 0 Å². The van der Waals surface area contributed by atoms with Crippen molar-refractivity contribution in [2.24, 2.45) is 0 Å². The maximum atomic E-state index is 10.8. The Kier molecular flexibility index (Phi) is 2.34. The minimum absolute atomic E-state index is 0.0190. The molecule has 0 bridgehead atoms. The number of benzene rings is 1. The standard InChI is InChI=1S/C8H5ClN4O2/c9-6-2-1-4(3-5(6)8(14)15)7-10-12-13-11-7/h1-3H,(H,14,15)(H,10,11,12,13). The van der Waals surface area contributed by atoms with Gasteiger partial charge in [-0.2, -0.15) is 0 Å². The highest BCUT2D eigenvalue weighted by molar-refractivity contribution is 6.33. The Bertz CT molecular complexity index is 497. The maximum absolute atomic E-state index is 10.8. The molecule has 0 fully saturated rings. The van der Waals surface area contributed by atoms with Crippen molar-refractivity contribution in [3.8, 4) is 11.4 Å². The van der Waals surface area contributed by atoms with Crippen molar-refractivity contribution >= 4 is 17.6 Å². The predicted molar refractivity (Wildman–Crippen MR) is 51.6 cm³/mol. The van der Waals surface area contributed by atoms with Gasteiger partial charge in [-0.15, -0.1) is 5.10 Å². The van der Waals surface area contributed by atoms with Gasteiger partial charge in [0.25, 0.3) is 0 Å². The van der Waals surface area contributed by atoms with Gasteiger partial charge in [-0.25, -0.2) is 9.89 Å². The van der Waals surface area contributed by atoms with Crippen molar-refractivity contribution in [3.05, 3.63) is 28.8 Å². The first-order valence-electron chi connectivity index (χ1n) is 3.95. The minimum Gasteiger partial charge on any atom is -0.478 e. The molecule has 2 rings (SSSR count). The van der Waals surface area contributed by atoms with Gasteiger partial charge in [0.05, 0.1) is 10.6 Å². The second-order valence-electron chi connectivity index (χ2n) is 2.75. The third kappa shape index (κ3) is 1.79. The molecule has 2 N–H and O–H groups in total. The number of nitrogens with one attached hydrogen (secondary N) is 1. The van der Waals surface area contributed by atoms with Gasteiger partial charge in [0.2, 0.25) is 0 Å². The summed E-state index contributed by atoms with van der Waals surface area (Å²) in [6, 6.07) is 4.53. The highest BCUT2D eigenvalue weighted by Crippen LogP contribution is 2.22. The summed E-state index contributed by atoms with van der Waals surface area (Å²) in [5.41, 5.74) is 0.590. The predicted octanol–water partition coefficient (Wildman–Crippen LogP) is 1.22. The molecule has 0 atom stereocenters. The van der Waals surface area contributed by atoms with Crippen LogP contribution in [0.4, 0.5) is 0 Å². The molecule has 0 spiro atoms. The van der Waals surface area contributed by atoms with Gasteiger partial charge in [-0.1, -0.05) is 11.6 Å².